The summed E-state index contributed by atoms with van der Waals surface area (Å²) in [7, 11) is 3.49. The molecule has 1 aromatic rings. The normalized spacial score (nSPS) is 11.4. The Kier molecular flexibility index (Phi) is 7.10. The van der Waals surface area contributed by atoms with E-state index in [0.29, 0.717) is 29.5 Å². The fraction of sp³-hybridized carbons (Fsp3) is 0.625. The van der Waals surface area contributed by atoms with E-state index < -0.39 is 0 Å². The van der Waals surface area contributed by atoms with Gasteiger partial charge < -0.3 is 4.90 Å². The van der Waals surface area contributed by atoms with E-state index in [-0.39, 0.29) is 6.03 Å². The predicted octanol–water partition coefficient (Wildman–Crippen LogP) is 3.34. The summed E-state index contributed by atoms with van der Waals surface area (Å²) in [5.74, 6) is 0.621. The first-order chi connectivity index (χ1) is 10.2. The van der Waals surface area contributed by atoms with Gasteiger partial charge in [-0.25, -0.2) is 9.78 Å². The zero-order valence-corrected chi connectivity index (χ0v) is 15.1. The average molecular weight is 327 g/mol. The van der Waals surface area contributed by atoms with E-state index in [0.717, 1.165) is 6.54 Å². The number of carbonyl (C=O) groups is 1. The molecule has 1 rings (SSSR count). The van der Waals surface area contributed by atoms with Crippen LogP contribution in [0.5, 0.6) is 0 Å². The SMILES string of the molecule is CC(C)N(CCN(C(=O)N(C)C)c1ccc(Cl)cn1)C(C)C. The molecular weight excluding hydrogens is 300 g/mol. The van der Waals surface area contributed by atoms with Crippen molar-refractivity contribution >= 4 is 23.4 Å². The number of rotatable bonds is 6. The maximum Gasteiger partial charge on any atom is 0.325 e. The lowest BCUT2D eigenvalue weighted by atomic mass is 10.2. The van der Waals surface area contributed by atoms with Gasteiger partial charge in [0.1, 0.15) is 5.82 Å². The number of hydrogen-bond donors (Lipinski definition) is 0. The lowest BCUT2D eigenvalue weighted by Gasteiger charge is -2.33. The summed E-state index contributed by atoms with van der Waals surface area (Å²) in [6.45, 7) is 10.0. The van der Waals surface area contributed by atoms with Crippen LogP contribution in [0.3, 0.4) is 0 Å². The number of halogens is 1. The highest BCUT2D eigenvalue weighted by atomic mass is 35.5. The van der Waals surface area contributed by atoms with Gasteiger partial charge in [0.05, 0.1) is 5.02 Å². The molecule has 22 heavy (non-hydrogen) atoms. The molecule has 0 unspecified atom stereocenters. The van der Waals surface area contributed by atoms with Gasteiger partial charge in [0.15, 0.2) is 0 Å². The third-order valence-corrected chi connectivity index (χ3v) is 3.73. The van der Waals surface area contributed by atoms with Crippen LogP contribution in [0.25, 0.3) is 0 Å². The standard InChI is InChI=1S/C16H27ClN4O/c1-12(2)20(13(3)4)9-10-21(16(22)19(5)6)15-8-7-14(17)11-18-15/h7-8,11-13H,9-10H2,1-6H3. The van der Waals surface area contributed by atoms with Crippen LogP contribution in [0.1, 0.15) is 27.7 Å². The minimum atomic E-state index is -0.0812. The molecule has 0 radical (unpaired) electrons. The highest BCUT2D eigenvalue weighted by molar-refractivity contribution is 6.30. The van der Waals surface area contributed by atoms with Crippen molar-refractivity contribution in [1.82, 2.24) is 14.8 Å². The lowest BCUT2D eigenvalue weighted by molar-refractivity contribution is 0.177. The van der Waals surface area contributed by atoms with Crippen molar-refractivity contribution in [1.29, 1.82) is 0 Å². The van der Waals surface area contributed by atoms with Crippen molar-refractivity contribution in [3.05, 3.63) is 23.4 Å². The van der Waals surface area contributed by atoms with E-state index in [1.165, 1.54) is 0 Å². The number of anilines is 1. The molecule has 0 saturated heterocycles. The largest absolute Gasteiger partial charge is 0.330 e. The fourth-order valence-corrected chi connectivity index (χ4v) is 2.52. The number of amides is 2. The number of nitrogens with zero attached hydrogens (tertiary/aromatic N) is 4. The molecule has 1 heterocycles. The summed E-state index contributed by atoms with van der Waals surface area (Å²) in [5, 5.41) is 0.562. The lowest BCUT2D eigenvalue weighted by Crippen LogP contribution is -2.47. The molecule has 0 bridgehead atoms. The molecule has 2 amide bonds. The summed E-state index contributed by atoms with van der Waals surface area (Å²) in [4.78, 5) is 22.3. The fourth-order valence-electron chi connectivity index (χ4n) is 2.41. The van der Waals surface area contributed by atoms with Crippen LogP contribution in [-0.2, 0) is 0 Å². The smallest absolute Gasteiger partial charge is 0.325 e. The predicted molar refractivity (Wildman–Crippen MR) is 92.7 cm³/mol. The molecule has 0 aromatic carbocycles. The minimum absolute atomic E-state index is 0.0812. The zero-order chi connectivity index (χ0) is 16.9. The minimum Gasteiger partial charge on any atom is -0.330 e. The molecule has 0 N–H and O–H groups in total. The van der Waals surface area contributed by atoms with Crippen LogP contribution >= 0.6 is 11.6 Å². The summed E-state index contributed by atoms with van der Waals surface area (Å²) >= 11 is 5.88. The number of hydrogen-bond acceptors (Lipinski definition) is 3. The Balaban J connectivity index is 2.92. The monoisotopic (exact) mass is 326 g/mol. The summed E-state index contributed by atoms with van der Waals surface area (Å²) in [6, 6.07) is 4.30. The maximum absolute atomic E-state index is 12.4. The van der Waals surface area contributed by atoms with E-state index in [2.05, 4.69) is 37.6 Å². The molecule has 0 aliphatic carbocycles. The maximum atomic E-state index is 12.4. The van der Waals surface area contributed by atoms with Crippen molar-refractivity contribution < 1.29 is 4.79 Å². The van der Waals surface area contributed by atoms with Gasteiger partial charge in [0.25, 0.3) is 0 Å². The Bertz CT molecular complexity index is 466. The van der Waals surface area contributed by atoms with Gasteiger partial charge in [-0.05, 0) is 39.8 Å². The third kappa shape index (κ3) is 5.14. The van der Waals surface area contributed by atoms with Gasteiger partial charge in [-0.1, -0.05) is 11.6 Å². The second-order valence-electron chi connectivity index (χ2n) is 6.09. The van der Waals surface area contributed by atoms with Crippen LogP contribution < -0.4 is 4.90 Å². The Hall–Kier alpha value is -1.33. The van der Waals surface area contributed by atoms with Gasteiger partial charge in [-0.2, -0.15) is 0 Å². The van der Waals surface area contributed by atoms with Crippen LogP contribution in [0.2, 0.25) is 5.02 Å². The Labute approximate surface area is 138 Å². The Morgan fingerprint density at radius 2 is 1.73 bits per heavy atom. The number of pyridine rings is 1. The first-order valence-electron chi connectivity index (χ1n) is 7.60. The molecule has 0 fully saturated rings. The highest BCUT2D eigenvalue weighted by Crippen LogP contribution is 2.16. The molecule has 0 aliphatic rings. The van der Waals surface area contributed by atoms with Gasteiger partial charge in [0.2, 0.25) is 0 Å². The van der Waals surface area contributed by atoms with Crippen molar-refractivity contribution in [3.63, 3.8) is 0 Å². The second-order valence-corrected chi connectivity index (χ2v) is 6.53. The quantitative estimate of drug-likeness (QED) is 0.805. The molecule has 124 valence electrons. The number of aromatic nitrogens is 1. The van der Waals surface area contributed by atoms with E-state index in [1.54, 1.807) is 42.2 Å². The highest BCUT2D eigenvalue weighted by Gasteiger charge is 2.21. The summed E-state index contributed by atoms with van der Waals surface area (Å²) in [5.41, 5.74) is 0. The van der Waals surface area contributed by atoms with Crippen LogP contribution in [-0.4, -0.2) is 60.1 Å². The molecule has 1 aromatic heterocycles. The summed E-state index contributed by atoms with van der Waals surface area (Å²) in [6.07, 6.45) is 1.56. The van der Waals surface area contributed by atoms with Crippen LogP contribution in [0.15, 0.2) is 18.3 Å². The van der Waals surface area contributed by atoms with E-state index >= 15 is 0 Å². The molecule has 0 spiro atoms. The molecule has 0 aliphatic heterocycles. The van der Waals surface area contributed by atoms with Gasteiger partial charge >= 0.3 is 6.03 Å². The van der Waals surface area contributed by atoms with Crippen molar-refractivity contribution in [3.8, 4) is 0 Å². The van der Waals surface area contributed by atoms with E-state index in [4.69, 9.17) is 11.6 Å². The number of carbonyl (C=O) groups excluding carboxylic acids is 1. The second kappa shape index (κ2) is 8.34. The zero-order valence-electron chi connectivity index (χ0n) is 14.4. The van der Waals surface area contributed by atoms with Crippen molar-refractivity contribution in [2.24, 2.45) is 0 Å². The summed E-state index contributed by atoms with van der Waals surface area (Å²) < 4.78 is 0. The molecule has 0 atom stereocenters. The van der Waals surface area contributed by atoms with Gasteiger partial charge in [0, 0.05) is 45.5 Å². The van der Waals surface area contributed by atoms with Crippen LogP contribution in [0.4, 0.5) is 10.6 Å². The Morgan fingerprint density at radius 1 is 1.14 bits per heavy atom. The molecular formula is C16H27ClN4O. The average Bonchev–Trinajstić information content (AvgIpc) is 2.43. The molecule has 5 nitrogen and oxygen atoms in total. The Morgan fingerprint density at radius 3 is 2.14 bits per heavy atom. The first-order valence-corrected chi connectivity index (χ1v) is 7.98. The van der Waals surface area contributed by atoms with Crippen LogP contribution in [0, 0.1) is 0 Å². The van der Waals surface area contributed by atoms with E-state index in [9.17, 15) is 4.79 Å². The van der Waals surface area contributed by atoms with Gasteiger partial charge in [-0.15, -0.1) is 0 Å². The topological polar surface area (TPSA) is 39.7 Å². The van der Waals surface area contributed by atoms with E-state index in [1.807, 2.05) is 0 Å². The van der Waals surface area contributed by atoms with Crippen molar-refractivity contribution in [2.75, 3.05) is 32.1 Å². The molecule has 0 saturated carbocycles. The molecule has 6 heteroatoms. The first kappa shape index (κ1) is 18.7. The van der Waals surface area contributed by atoms with Gasteiger partial charge in [-0.3, -0.25) is 9.80 Å². The number of urea groups is 1. The van der Waals surface area contributed by atoms with Crippen molar-refractivity contribution in [2.45, 2.75) is 39.8 Å². The third-order valence-electron chi connectivity index (χ3n) is 3.51.